The number of halogens is 3. The maximum absolute atomic E-state index is 6.23. The van der Waals surface area contributed by atoms with E-state index >= 15 is 0 Å². The zero-order valence-electron chi connectivity index (χ0n) is 15.7. The molecule has 2 aromatic rings. The molecule has 0 saturated heterocycles. The van der Waals surface area contributed by atoms with E-state index in [1.807, 2.05) is 18.2 Å². The van der Waals surface area contributed by atoms with Gasteiger partial charge in [0.05, 0.1) is 28.4 Å². The average molecular weight is 446 g/mol. The molecule has 0 radical (unpaired) electrons. The van der Waals surface area contributed by atoms with Crippen LogP contribution >= 0.6 is 34.8 Å². The van der Waals surface area contributed by atoms with Crippen molar-refractivity contribution in [3.8, 4) is 23.0 Å². The highest BCUT2D eigenvalue weighted by molar-refractivity contribution is 6.68. The predicted octanol–water partition coefficient (Wildman–Crippen LogP) is 5.66. The van der Waals surface area contributed by atoms with Gasteiger partial charge in [-0.05, 0) is 42.0 Å². The molecule has 3 rings (SSSR count). The summed E-state index contributed by atoms with van der Waals surface area (Å²) in [6, 6.07) is 9.00. The summed E-state index contributed by atoms with van der Waals surface area (Å²) in [5, 5.41) is 0. The summed E-state index contributed by atoms with van der Waals surface area (Å²) in [5.41, 5.74) is 2.23. The fraction of sp³-hybridized carbons (Fsp3) is 0.300. The Kier molecular flexibility index (Phi) is 6.08. The van der Waals surface area contributed by atoms with Gasteiger partial charge in [0.1, 0.15) is 5.76 Å². The molecule has 0 amide bonds. The molecule has 0 aliphatic carbocycles. The number of methoxy groups -OCH3 is 4. The lowest BCUT2D eigenvalue weighted by atomic mass is 9.97. The van der Waals surface area contributed by atoms with Gasteiger partial charge < -0.3 is 23.7 Å². The first-order valence-electron chi connectivity index (χ1n) is 8.25. The van der Waals surface area contributed by atoms with E-state index in [9.17, 15) is 0 Å². The Labute approximate surface area is 178 Å². The molecule has 1 aliphatic rings. The largest absolute Gasteiger partial charge is 0.493 e. The van der Waals surface area contributed by atoms with Crippen LogP contribution in [0.5, 0.6) is 23.0 Å². The molecule has 28 heavy (non-hydrogen) atoms. The molecule has 1 atom stereocenters. The summed E-state index contributed by atoms with van der Waals surface area (Å²) in [6.45, 7) is 0. The summed E-state index contributed by atoms with van der Waals surface area (Å²) >= 11 is 18.7. The van der Waals surface area contributed by atoms with Gasteiger partial charge in [0.25, 0.3) is 0 Å². The van der Waals surface area contributed by atoms with Crippen molar-refractivity contribution in [2.45, 2.75) is 9.90 Å². The predicted molar refractivity (Wildman–Crippen MR) is 111 cm³/mol. The number of benzene rings is 2. The molecule has 0 fully saturated rings. The van der Waals surface area contributed by atoms with Gasteiger partial charge in [-0.25, -0.2) is 0 Å². The van der Waals surface area contributed by atoms with Gasteiger partial charge in [-0.2, -0.15) is 0 Å². The second-order valence-corrected chi connectivity index (χ2v) is 8.32. The highest BCUT2D eigenvalue weighted by atomic mass is 35.6. The Morgan fingerprint density at radius 3 is 1.93 bits per heavy atom. The van der Waals surface area contributed by atoms with Crippen molar-refractivity contribution >= 4 is 46.6 Å². The summed E-state index contributed by atoms with van der Waals surface area (Å²) < 4.78 is 25.8. The number of hydrogen-bond donors (Lipinski definition) is 0. The van der Waals surface area contributed by atoms with Crippen LogP contribution in [0.4, 0.5) is 0 Å². The molecular weight excluding hydrogens is 427 g/mol. The lowest BCUT2D eigenvalue weighted by molar-refractivity contribution is 0.170. The molecule has 0 saturated carbocycles. The minimum Gasteiger partial charge on any atom is -0.493 e. The Morgan fingerprint density at radius 1 is 0.786 bits per heavy atom. The van der Waals surface area contributed by atoms with Crippen molar-refractivity contribution in [3.63, 3.8) is 0 Å². The van der Waals surface area contributed by atoms with Crippen molar-refractivity contribution in [1.82, 2.24) is 0 Å². The molecule has 150 valence electrons. The van der Waals surface area contributed by atoms with Gasteiger partial charge in [-0.1, -0.05) is 34.8 Å². The van der Waals surface area contributed by atoms with Crippen LogP contribution in [-0.2, 0) is 4.74 Å². The third kappa shape index (κ3) is 3.93. The molecule has 8 heteroatoms. The van der Waals surface area contributed by atoms with Gasteiger partial charge in [-0.3, -0.25) is 0 Å². The molecule has 0 N–H and O–H groups in total. The fourth-order valence-corrected chi connectivity index (χ4v) is 3.50. The smallest absolute Gasteiger partial charge is 0.231 e. The normalized spacial score (nSPS) is 15.8. The minimum absolute atomic E-state index is 0.520. The number of rotatable bonds is 5. The van der Waals surface area contributed by atoms with E-state index in [-0.39, 0.29) is 0 Å². The lowest BCUT2D eigenvalue weighted by Crippen LogP contribution is -2.23. The van der Waals surface area contributed by atoms with Crippen molar-refractivity contribution < 1.29 is 23.7 Å². The zero-order chi connectivity index (χ0) is 20.5. The van der Waals surface area contributed by atoms with E-state index in [1.165, 1.54) is 0 Å². The minimum atomic E-state index is -1.70. The SMILES string of the molecule is COc1ccc(C2=Cc3cc(OC)c(OC)cc3[C@H](C(Cl)(Cl)Cl)O2)cc1OC. The van der Waals surface area contributed by atoms with E-state index in [4.69, 9.17) is 58.5 Å². The summed E-state index contributed by atoms with van der Waals surface area (Å²) in [7, 11) is 6.25. The molecule has 2 aromatic carbocycles. The van der Waals surface area contributed by atoms with Gasteiger partial charge in [0.2, 0.25) is 3.79 Å². The van der Waals surface area contributed by atoms with Crippen molar-refractivity contribution in [2.75, 3.05) is 28.4 Å². The Balaban J connectivity index is 2.16. The highest BCUT2D eigenvalue weighted by Crippen LogP contribution is 2.50. The number of hydrogen-bond acceptors (Lipinski definition) is 5. The molecule has 5 nitrogen and oxygen atoms in total. The third-order valence-corrected chi connectivity index (χ3v) is 4.96. The summed E-state index contributed by atoms with van der Waals surface area (Å²) in [4.78, 5) is 0. The quantitative estimate of drug-likeness (QED) is 0.556. The van der Waals surface area contributed by atoms with E-state index in [2.05, 4.69) is 0 Å². The van der Waals surface area contributed by atoms with Crippen LogP contribution in [0.25, 0.3) is 11.8 Å². The van der Waals surface area contributed by atoms with Crippen LogP contribution < -0.4 is 18.9 Å². The first-order chi connectivity index (χ1) is 13.3. The van der Waals surface area contributed by atoms with Crippen molar-refractivity contribution in [1.29, 1.82) is 0 Å². The first kappa shape index (κ1) is 20.8. The number of alkyl halides is 3. The zero-order valence-corrected chi connectivity index (χ0v) is 18.0. The van der Waals surface area contributed by atoms with Gasteiger partial charge in [0, 0.05) is 11.1 Å². The molecule has 1 aliphatic heterocycles. The van der Waals surface area contributed by atoms with E-state index in [0.717, 1.165) is 11.1 Å². The van der Waals surface area contributed by atoms with Crippen molar-refractivity contribution in [3.05, 3.63) is 47.0 Å². The van der Waals surface area contributed by atoms with Crippen LogP contribution in [-0.4, -0.2) is 32.2 Å². The second-order valence-electron chi connectivity index (χ2n) is 5.95. The first-order valence-corrected chi connectivity index (χ1v) is 9.39. The monoisotopic (exact) mass is 444 g/mol. The standard InChI is InChI=1S/C20H19Cl3O5/c1-24-14-6-5-11(7-16(14)25-2)15-8-12-9-17(26-3)18(27-4)10-13(12)19(28-15)20(21,22)23/h5-10,19H,1-4H3/t19-/m1/s1. The molecule has 0 spiro atoms. The summed E-state index contributed by atoms with van der Waals surface area (Å²) in [6.07, 6.45) is 1.01. The third-order valence-electron chi connectivity index (χ3n) is 4.37. The average Bonchev–Trinajstić information content (AvgIpc) is 2.70. The van der Waals surface area contributed by atoms with Gasteiger partial charge in [-0.15, -0.1) is 0 Å². The van der Waals surface area contributed by atoms with Crippen LogP contribution in [0, 0.1) is 0 Å². The van der Waals surface area contributed by atoms with Gasteiger partial charge >= 0.3 is 0 Å². The fourth-order valence-electron chi connectivity index (χ4n) is 3.01. The van der Waals surface area contributed by atoms with E-state index in [0.29, 0.717) is 34.3 Å². The number of ether oxygens (including phenoxy) is 5. The summed E-state index contributed by atoms with van der Waals surface area (Å²) in [5.74, 6) is 2.78. The van der Waals surface area contributed by atoms with Crippen LogP contribution in [0.2, 0.25) is 0 Å². The molecule has 0 unspecified atom stereocenters. The Morgan fingerprint density at radius 2 is 1.36 bits per heavy atom. The van der Waals surface area contributed by atoms with E-state index in [1.54, 1.807) is 46.6 Å². The molecule has 0 aromatic heterocycles. The van der Waals surface area contributed by atoms with Gasteiger partial charge in [0.15, 0.2) is 29.1 Å². The molecule has 0 bridgehead atoms. The second kappa shape index (κ2) is 8.19. The number of fused-ring (bicyclic) bond motifs is 1. The lowest BCUT2D eigenvalue weighted by Gasteiger charge is -2.32. The Hall–Kier alpha value is -1.95. The van der Waals surface area contributed by atoms with Crippen molar-refractivity contribution in [2.24, 2.45) is 0 Å². The molecular formula is C20H19Cl3O5. The maximum Gasteiger partial charge on any atom is 0.231 e. The van der Waals surface area contributed by atoms with Crippen LogP contribution in [0.3, 0.4) is 0 Å². The Bertz CT molecular complexity index is 905. The van der Waals surface area contributed by atoms with Crippen LogP contribution in [0.15, 0.2) is 30.3 Å². The maximum atomic E-state index is 6.23. The van der Waals surface area contributed by atoms with E-state index < -0.39 is 9.90 Å². The van der Waals surface area contributed by atoms with Crippen LogP contribution in [0.1, 0.15) is 22.8 Å². The highest BCUT2D eigenvalue weighted by Gasteiger charge is 2.40. The molecule has 1 heterocycles. The topological polar surface area (TPSA) is 46.2 Å².